The van der Waals surface area contributed by atoms with Crippen molar-refractivity contribution in [3.63, 3.8) is 0 Å². The Hall–Kier alpha value is -3.00. The molecule has 0 aromatic heterocycles. The second-order valence-electron chi connectivity index (χ2n) is 7.03. The molecule has 0 saturated heterocycles. The van der Waals surface area contributed by atoms with E-state index in [0.29, 0.717) is 0 Å². The van der Waals surface area contributed by atoms with Crippen LogP contribution in [0.4, 0.5) is 4.79 Å². The van der Waals surface area contributed by atoms with Crippen molar-refractivity contribution in [2.75, 3.05) is 6.61 Å². The van der Waals surface area contributed by atoms with E-state index >= 15 is 0 Å². The second kappa shape index (κ2) is 9.67. The Morgan fingerprint density at radius 1 is 0.900 bits per heavy atom. The number of alkyl carbamates (subject to hydrolysis) is 1. The maximum absolute atomic E-state index is 12.5. The van der Waals surface area contributed by atoms with Crippen molar-refractivity contribution in [2.24, 2.45) is 0 Å². The zero-order valence-corrected chi connectivity index (χ0v) is 16.7. The number of nitrogens with one attached hydrogen (secondary N) is 1. The number of carboxylic acid groups (broad SMARTS) is 1. The number of carboxylic acids is 1. The molecule has 3 aromatic rings. The van der Waals surface area contributed by atoms with Crippen molar-refractivity contribution in [3.8, 4) is 11.1 Å². The van der Waals surface area contributed by atoms with Gasteiger partial charge in [0, 0.05) is 5.92 Å². The molecule has 0 bridgehead atoms. The molecule has 2 N–H and O–H groups in total. The van der Waals surface area contributed by atoms with E-state index in [-0.39, 0.29) is 39.2 Å². The first kappa shape index (κ1) is 21.7. The van der Waals surface area contributed by atoms with Crippen LogP contribution in [0.1, 0.15) is 36.5 Å². The molecule has 0 heterocycles. The topological polar surface area (TPSA) is 75.6 Å². The van der Waals surface area contributed by atoms with Crippen molar-refractivity contribution in [3.05, 3.63) is 95.6 Å². The number of carbonyl (C=O) groups is 2. The molecule has 0 spiro atoms. The van der Waals surface area contributed by atoms with E-state index in [2.05, 4.69) is 29.6 Å². The van der Waals surface area contributed by atoms with E-state index in [1.165, 1.54) is 0 Å². The third-order valence-corrected chi connectivity index (χ3v) is 5.22. The Morgan fingerprint density at radius 2 is 1.43 bits per heavy atom. The largest absolute Gasteiger partial charge is 1.00 e. The average molecular weight is 395 g/mol. The minimum absolute atomic E-state index is 0. The molecule has 0 radical (unpaired) electrons. The summed E-state index contributed by atoms with van der Waals surface area (Å²) in [5, 5.41) is 11.9. The van der Waals surface area contributed by atoms with Gasteiger partial charge in [0.25, 0.3) is 0 Å². The number of amides is 1. The van der Waals surface area contributed by atoms with Crippen molar-refractivity contribution in [1.82, 2.24) is 5.32 Å². The maximum atomic E-state index is 12.5. The predicted octanol–water partition coefficient (Wildman–Crippen LogP) is 1.86. The summed E-state index contributed by atoms with van der Waals surface area (Å²) >= 11 is 0. The summed E-state index contributed by atoms with van der Waals surface area (Å²) in [5.74, 6) is -1.03. The van der Waals surface area contributed by atoms with Crippen molar-refractivity contribution < 1.29 is 39.7 Å². The number of hydrogen-bond acceptors (Lipinski definition) is 3. The van der Waals surface area contributed by atoms with Crippen LogP contribution in [-0.4, -0.2) is 23.8 Å². The Kier molecular flexibility index (Phi) is 6.99. The average Bonchev–Trinajstić information content (AvgIpc) is 3.06. The number of fused-ring (bicyclic) bond motifs is 3. The molecular weight excluding hydrogens is 373 g/mol. The van der Waals surface area contributed by atoms with Crippen LogP contribution in [0.2, 0.25) is 0 Å². The van der Waals surface area contributed by atoms with Gasteiger partial charge in [-0.25, -0.2) is 4.79 Å². The molecule has 1 atom stereocenters. The summed E-state index contributed by atoms with van der Waals surface area (Å²) in [6.45, 7) is 0.189. The van der Waals surface area contributed by atoms with Gasteiger partial charge in [-0.15, -0.1) is 0 Å². The Balaban J connectivity index is 0.00000171. The summed E-state index contributed by atoms with van der Waals surface area (Å²) in [4.78, 5) is 23.7. The van der Waals surface area contributed by atoms with Crippen LogP contribution >= 0.6 is 0 Å². The van der Waals surface area contributed by atoms with E-state index in [4.69, 9.17) is 4.74 Å². The third kappa shape index (κ3) is 4.59. The molecular formula is C24H22LiNO4. The van der Waals surface area contributed by atoms with E-state index < -0.39 is 18.1 Å². The summed E-state index contributed by atoms with van der Waals surface area (Å²) in [6, 6.07) is 24.6. The molecule has 0 unspecified atom stereocenters. The standard InChI is InChI=1S/C24H21NO4.Li.H/c26-23(27)14-22(16-8-2-1-3-9-16)25-24(28)29-15-21-19-12-6-4-10-17(19)18-11-5-7-13-20(18)21;;/h1-13,21-22H,14-15H2,(H,25,28)(H,26,27);;/q;+1;-1/t22-;;/m1../s1. The van der Waals surface area contributed by atoms with Gasteiger partial charge in [0.15, 0.2) is 0 Å². The second-order valence-corrected chi connectivity index (χ2v) is 7.03. The molecule has 0 saturated carbocycles. The van der Waals surface area contributed by atoms with Crippen molar-refractivity contribution >= 4 is 12.1 Å². The minimum Gasteiger partial charge on any atom is -1.00 e. The fourth-order valence-corrected chi connectivity index (χ4v) is 3.89. The van der Waals surface area contributed by atoms with Crippen LogP contribution in [-0.2, 0) is 9.53 Å². The number of benzene rings is 3. The summed E-state index contributed by atoms with van der Waals surface area (Å²) in [6.07, 6.45) is -0.837. The molecule has 3 aromatic carbocycles. The van der Waals surface area contributed by atoms with Crippen LogP contribution in [0.15, 0.2) is 78.9 Å². The molecule has 1 aliphatic carbocycles. The molecule has 6 heteroatoms. The monoisotopic (exact) mass is 395 g/mol. The van der Waals surface area contributed by atoms with Crippen LogP contribution in [0.3, 0.4) is 0 Å². The number of ether oxygens (including phenoxy) is 1. The molecule has 1 amide bonds. The number of aliphatic carboxylic acids is 1. The molecule has 1 aliphatic rings. The molecule has 5 nitrogen and oxygen atoms in total. The van der Waals surface area contributed by atoms with Gasteiger partial charge in [0.1, 0.15) is 6.61 Å². The number of rotatable bonds is 6. The van der Waals surface area contributed by atoms with Crippen LogP contribution < -0.4 is 24.2 Å². The van der Waals surface area contributed by atoms with Crippen LogP contribution in [0.25, 0.3) is 11.1 Å². The SMILES string of the molecule is O=C(O)C[C@@H](NC(=O)OCC1c2ccccc2-c2ccccc21)c1ccccc1.[H-].[Li+]. The van der Waals surface area contributed by atoms with Gasteiger partial charge in [0.05, 0.1) is 12.5 Å². The summed E-state index contributed by atoms with van der Waals surface area (Å²) < 4.78 is 5.53. The molecule has 4 rings (SSSR count). The van der Waals surface area contributed by atoms with E-state index in [9.17, 15) is 14.7 Å². The maximum Gasteiger partial charge on any atom is 1.00 e. The first-order valence-electron chi connectivity index (χ1n) is 9.51. The van der Waals surface area contributed by atoms with E-state index in [0.717, 1.165) is 27.8 Å². The van der Waals surface area contributed by atoms with E-state index in [1.54, 1.807) is 12.1 Å². The Bertz CT molecular complexity index is 999. The fourth-order valence-electron chi connectivity index (χ4n) is 3.89. The van der Waals surface area contributed by atoms with Crippen LogP contribution in [0, 0.1) is 0 Å². The fraction of sp³-hybridized carbons (Fsp3) is 0.167. The molecule has 30 heavy (non-hydrogen) atoms. The minimum atomic E-state index is -0.988. The van der Waals surface area contributed by atoms with E-state index in [1.807, 2.05) is 42.5 Å². The Labute approximate surface area is 188 Å². The van der Waals surface area contributed by atoms with Gasteiger partial charge in [-0.2, -0.15) is 0 Å². The Morgan fingerprint density at radius 3 is 2.00 bits per heavy atom. The third-order valence-electron chi connectivity index (χ3n) is 5.22. The smallest absolute Gasteiger partial charge is 1.00 e. The molecule has 148 valence electrons. The predicted molar refractivity (Wildman–Crippen MR) is 111 cm³/mol. The zero-order valence-electron chi connectivity index (χ0n) is 17.7. The van der Waals surface area contributed by atoms with Crippen LogP contribution in [0.5, 0.6) is 0 Å². The molecule has 0 fully saturated rings. The number of hydrogen-bond donors (Lipinski definition) is 2. The van der Waals surface area contributed by atoms with Gasteiger partial charge >= 0.3 is 30.9 Å². The summed E-state index contributed by atoms with van der Waals surface area (Å²) in [5.41, 5.74) is 5.30. The van der Waals surface area contributed by atoms with Crippen molar-refractivity contribution in [1.29, 1.82) is 0 Å². The summed E-state index contributed by atoms with van der Waals surface area (Å²) in [7, 11) is 0. The van der Waals surface area contributed by atoms with Gasteiger partial charge in [-0.05, 0) is 27.8 Å². The van der Waals surface area contributed by atoms with Crippen molar-refractivity contribution in [2.45, 2.75) is 18.4 Å². The number of carbonyl (C=O) groups excluding carboxylic acids is 1. The normalized spacial score (nSPS) is 12.8. The van der Waals surface area contributed by atoms with Gasteiger partial charge < -0.3 is 16.6 Å². The quantitative estimate of drug-likeness (QED) is 0.625. The van der Waals surface area contributed by atoms with Gasteiger partial charge in [-0.1, -0.05) is 78.9 Å². The molecule has 0 aliphatic heterocycles. The van der Waals surface area contributed by atoms with Gasteiger partial charge in [0.2, 0.25) is 0 Å². The zero-order chi connectivity index (χ0) is 20.2. The first-order valence-corrected chi connectivity index (χ1v) is 9.51. The van der Waals surface area contributed by atoms with Gasteiger partial charge in [-0.3, -0.25) is 4.79 Å². The first-order chi connectivity index (χ1) is 14.1.